The van der Waals surface area contributed by atoms with E-state index in [1.807, 2.05) is 18.3 Å². The molecule has 34 heavy (non-hydrogen) atoms. The fraction of sp³-hybridized carbons (Fsp3) is 0.500. The van der Waals surface area contributed by atoms with Crippen LogP contribution in [0.15, 0.2) is 35.5 Å². The highest BCUT2D eigenvalue weighted by Gasteiger charge is 2.29. The summed E-state index contributed by atoms with van der Waals surface area (Å²) in [6, 6.07) is 4.04. The van der Waals surface area contributed by atoms with Gasteiger partial charge in [-0.25, -0.2) is 8.42 Å². The molecule has 2 fully saturated rings. The Balaban J connectivity index is 1.47. The maximum atomic E-state index is 13.0. The molecule has 0 N–H and O–H groups in total. The molecule has 0 spiro atoms. The van der Waals surface area contributed by atoms with Gasteiger partial charge in [-0.2, -0.15) is 4.31 Å². The summed E-state index contributed by atoms with van der Waals surface area (Å²) in [4.78, 5) is 20.6. The average molecular weight is 503 g/mol. The molecule has 0 aromatic carbocycles. The fourth-order valence-electron chi connectivity index (χ4n) is 4.48. The van der Waals surface area contributed by atoms with E-state index < -0.39 is 10.0 Å². The van der Waals surface area contributed by atoms with Crippen LogP contribution in [0, 0.1) is 5.92 Å². The van der Waals surface area contributed by atoms with Gasteiger partial charge in [0.25, 0.3) is 5.56 Å². The Labute approximate surface area is 203 Å². The molecule has 4 heterocycles. The summed E-state index contributed by atoms with van der Waals surface area (Å²) in [5, 5.41) is 0.701. The zero-order valence-corrected chi connectivity index (χ0v) is 21.4. The number of aryl methyl sites for hydroxylation is 1. The third-order valence-corrected chi connectivity index (χ3v) is 9.13. The number of hydrogen-bond donors (Lipinski definition) is 0. The molecule has 2 aliphatic rings. The van der Waals surface area contributed by atoms with E-state index in [2.05, 4.69) is 16.8 Å². The first-order valence-electron chi connectivity index (χ1n) is 11.6. The Bertz CT molecular complexity index is 1380. The van der Waals surface area contributed by atoms with Crippen molar-refractivity contribution in [3.63, 3.8) is 0 Å². The van der Waals surface area contributed by atoms with E-state index >= 15 is 0 Å². The normalized spacial score (nSPS) is 20.1. The van der Waals surface area contributed by atoms with Gasteiger partial charge in [0.05, 0.1) is 24.4 Å². The second kappa shape index (κ2) is 9.07. The van der Waals surface area contributed by atoms with Gasteiger partial charge >= 0.3 is 0 Å². The molecule has 1 atom stereocenters. The van der Waals surface area contributed by atoms with E-state index in [9.17, 15) is 13.2 Å². The Kier molecular flexibility index (Phi) is 6.26. The van der Waals surface area contributed by atoms with E-state index in [-0.39, 0.29) is 11.6 Å². The minimum atomic E-state index is -3.18. The van der Waals surface area contributed by atoms with E-state index in [0.717, 1.165) is 26.5 Å². The number of thiophene rings is 1. The van der Waals surface area contributed by atoms with Gasteiger partial charge in [0.15, 0.2) is 0 Å². The highest BCUT2D eigenvalue weighted by atomic mass is 32.2. The third kappa shape index (κ3) is 4.77. The van der Waals surface area contributed by atoms with E-state index in [0.29, 0.717) is 44.1 Å². The molecule has 3 aromatic rings. The van der Waals surface area contributed by atoms with Gasteiger partial charge in [0.1, 0.15) is 5.75 Å². The van der Waals surface area contributed by atoms with Crippen molar-refractivity contribution in [1.82, 2.24) is 18.8 Å². The maximum absolute atomic E-state index is 13.0. The summed E-state index contributed by atoms with van der Waals surface area (Å²) in [5.41, 5.74) is 1.89. The van der Waals surface area contributed by atoms with Crippen molar-refractivity contribution in [2.45, 2.75) is 32.4 Å². The lowest BCUT2D eigenvalue weighted by molar-refractivity contribution is 0.123. The molecular formula is C24H30N4O4S2. The Hall–Kier alpha value is -2.27. The monoisotopic (exact) mass is 502 g/mol. The molecule has 8 nitrogen and oxygen atoms in total. The molecule has 1 saturated heterocycles. The molecule has 5 rings (SSSR count). The van der Waals surface area contributed by atoms with Crippen LogP contribution in [0.2, 0.25) is 0 Å². The summed E-state index contributed by atoms with van der Waals surface area (Å²) >= 11 is 1.63. The average Bonchev–Trinajstić information content (AvgIpc) is 3.53. The standard InChI is InChI=1S/C24H30N4O4S2/c1-16-12-28(34(3,30)31)9-8-27(16)13-18-10-20-23(33-18)21(14-26(2)24(20)29)19-6-7-25-11-22(19)32-15-17-4-5-17/h6-7,10-11,14,16-17H,4-5,8-9,12-13,15H2,1-3H3. The molecule has 1 aliphatic heterocycles. The van der Waals surface area contributed by atoms with Gasteiger partial charge in [-0.1, -0.05) is 0 Å². The largest absolute Gasteiger partial charge is 0.491 e. The van der Waals surface area contributed by atoms with Crippen molar-refractivity contribution < 1.29 is 13.2 Å². The second-order valence-corrected chi connectivity index (χ2v) is 12.6. The molecule has 0 bridgehead atoms. The first-order chi connectivity index (χ1) is 16.2. The zero-order chi connectivity index (χ0) is 24.0. The topological polar surface area (TPSA) is 84.7 Å². The summed E-state index contributed by atoms with van der Waals surface area (Å²) in [6.45, 7) is 5.06. The fourth-order valence-corrected chi connectivity index (χ4v) is 6.58. The molecular weight excluding hydrogens is 472 g/mol. The first-order valence-corrected chi connectivity index (χ1v) is 14.3. The van der Waals surface area contributed by atoms with Crippen molar-refractivity contribution in [3.05, 3.63) is 46.0 Å². The molecule has 1 saturated carbocycles. The number of hydrogen-bond acceptors (Lipinski definition) is 7. The Morgan fingerprint density at radius 1 is 1.24 bits per heavy atom. The van der Waals surface area contributed by atoms with Crippen molar-refractivity contribution >= 4 is 31.4 Å². The predicted octanol–water partition coefficient (Wildman–Crippen LogP) is 2.92. The first kappa shape index (κ1) is 23.5. The van der Waals surface area contributed by atoms with Crippen LogP contribution in [-0.2, 0) is 23.6 Å². The Morgan fingerprint density at radius 2 is 2.03 bits per heavy atom. The van der Waals surface area contributed by atoms with E-state index in [4.69, 9.17) is 4.74 Å². The number of fused-ring (bicyclic) bond motifs is 1. The van der Waals surface area contributed by atoms with Crippen molar-refractivity contribution in [3.8, 4) is 16.9 Å². The molecule has 3 aromatic heterocycles. The summed E-state index contributed by atoms with van der Waals surface area (Å²) in [5.74, 6) is 1.38. The van der Waals surface area contributed by atoms with Crippen LogP contribution in [0.3, 0.4) is 0 Å². The number of aromatic nitrogens is 2. The summed E-state index contributed by atoms with van der Waals surface area (Å²) in [7, 11) is -1.41. The lowest BCUT2D eigenvalue weighted by Crippen LogP contribution is -2.52. The van der Waals surface area contributed by atoms with Crippen molar-refractivity contribution in [2.24, 2.45) is 13.0 Å². The number of rotatable bonds is 7. The van der Waals surface area contributed by atoms with E-state index in [1.54, 1.807) is 39.7 Å². The highest BCUT2D eigenvalue weighted by Crippen LogP contribution is 2.39. The highest BCUT2D eigenvalue weighted by molar-refractivity contribution is 7.88. The quantitative estimate of drug-likeness (QED) is 0.494. The number of ether oxygens (including phenoxy) is 1. The minimum Gasteiger partial charge on any atom is -0.491 e. The maximum Gasteiger partial charge on any atom is 0.259 e. The van der Waals surface area contributed by atoms with Crippen LogP contribution < -0.4 is 10.3 Å². The van der Waals surface area contributed by atoms with Crippen molar-refractivity contribution in [2.75, 3.05) is 32.5 Å². The van der Waals surface area contributed by atoms with Crippen LogP contribution in [0.1, 0.15) is 24.6 Å². The van der Waals surface area contributed by atoms with Gasteiger partial charge in [-0.15, -0.1) is 11.3 Å². The molecule has 0 radical (unpaired) electrons. The van der Waals surface area contributed by atoms with Crippen LogP contribution in [0.25, 0.3) is 21.2 Å². The number of pyridine rings is 2. The minimum absolute atomic E-state index is 0.0225. The van der Waals surface area contributed by atoms with Gasteiger partial charge in [-0.05, 0) is 37.8 Å². The lowest BCUT2D eigenvalue weighted by atomic mass is 10.1. The smallest absolute Gasteiger partial charge is 0.259 e. The summed E-state index contributed by atoms with van der Waals surface area (Å²) in [6.07, 6.45) is 9.09. The van der Waals surface area contributed by atoms with E-state index in [1.165, 1.54) is 19.1 Å². The van der Waals surface area contributed by atoms with Gasteiger partial charge in [0.2, 0.25) is 10.0 Å². The summed E-state index contributed by atoms with van der Waals surface area (Å²) < 4.78 is 34.1. The third-order valence-electron chi connectivity index (χ3n) is 6.70. The van der Waals surface area contributed by atoms with Crippen LogP contribution in [0.4, 0.5) is 0 Å². The number of nitrogens with zero attached hydrogens (tertiary/aromatic N) is 4. The predicted molar refractivity (Wildman–Crippen MR) is 135 cm³/mol. The molecule has 1 aliphatic carbocycles. The van der Waals surface area contributed by atoms with Crippen LogP contribution >= 0.6 is 11.3 Å². The van der Waals surface area contributed by atoms with Crippen LogP contribution in [0.5, 0.6) is 5.75 Å². The zero-order valence-electron chi connectivity index (χ0n) is 19.7. The number of piperazine rings is 1. The molecule has 10 heteroatoms. The number of sulfonamides is 1. The van der Waals surface area contributed by atoms with Crippen molar-refractivity contribution in [1.29, 1.82) is 0 Å². The Morgan fingerprint density at radius 3 is 2.74 bits per heavy atom. The van der Waals surface area contributed by atoms with Gasteiger partial charge in [0, 0.05) is 72.4 Å². The van der Waals surface area contributed by atoms with Gasteiger partial charge in [-0.3, -0.25) is 14.7 Å². The van der Waals surface area contributed by atoms with Gasteiger partial charge < -0.3 is 9.30 Å². The second-order valence-electron chi connectivity index (χ2n) is 9.48. The molecule has 1 unspecified atom stereocenters. The lowest BCUT2D eigenvalue weighted by Gasteiger charge is -2.38. The van der Waals surface area contributed by atoms with Crippen LogP contribution in [-0.4, -0.2) is 65.7 Å². The molecule has 182 valence electrons. The molecule has 0 amide bonds. The SMILES string of the molecule is CC1CN(S(C)(=O)=O)CCN1Cc1cc2c(=O)n(C)cc(-c3ccncc3OCC3CC3)c2s1.